The van der Waals surface area contributed by atoms with Gasteiger partial charge in [-0.1, -0.05) is 19.8 Å². The number of hydrogen-bond donors (Lipinski definition) is 1. The Morgan fingerprint density at radius 2 is 2.18 bits per heavy atom. The second-order valence-electron chi connectivity index (χ2n) is 4.21. The third-order valence-corrected chi connectivity index (χ3v) is 2.98. The summed E-state index contributed by atoms with van der Waals surface area (Å²) in [4.78, 5) is 0. The molecule has 0 aromatic carbocycles. The summed E-state index contributed by atoms with van der Waals surface area (Å²) < 4.78 is 0. The van der Waals surface area contributed by atoms with E-state index in [1.165, 1.54) is 25.7 Å². The van der Waals surface area contributed by atoms with Crippen LogP contribution in [0.25, 0.3) is 0 Å². The maximum atomic E-state index is 3.31. The molecule has 1 nitrogen and oxygen atoms in total. The number of hydrogen-bond acceptors (Lipinski definition) is 1. The lowest BCUT2D eigenvalue weighted by atomic mass is 9.98. The molecule has 1 heteroatoms. The Bertz CT molecular complexity index is 111. The summed E-state index contributed by atoms with van der Waals surface area (Å²) in [5.41, 5.74) is 0. The van der Waals surface area contributed by atoms with Crippen molar-refractivity contribution in [2.75, 3.05) is 7.05 Å². The van der Waals surface area contributed by atoms with E-state index in [0.717, 1.165) is 11.8 Å². The zero-order valence-corrected chi connectivity index (χ0v) is 8.06. The highest BCUT2D eigenvalue weighted by molar-refractivity contribution is 4.75. The van der Waals surface area contributed by atoms with Gasteiger partial charge in [-0.2, -0.15) is 0 Å². The molecule has 0 radical (unpaired) electrons. The molecule has 0 amide bonds. The summed E-state index contributed by atoms with van der Waals surface area (Å²) in [5, 5.41) is 3.31. The van der Waals surface area contributed by atoms with Gasteiger partial charge in [0.05, 0.1) is 0 Å². The van der Waals surface area contributed by atoms with Gasteiger partial charge in [-0.3, -0.25) is 0 Å². The molecule has 1 aliphatic rings. The first kappa shape index (κ1) is 9.05. The maximum absolute atomic E-state index is 3.31. The first-order chi connectivity index (χ1) is 5.22. The van der Waals surface area contributed by atoms with Crippen LogP contribution in [0.3, 0.4) is 0 Å². The summed E-state index contributed by atoms with van der Waals surface area (Å²) in [5.74, 6) is 2.00. The molecule has 0 aromatic heterocycles. The van der Waals surface area contributed by atoms with Crippen molar-refractivity contribution in [1.82, 2.24) is 5.32 Å². The Labute approximate surface area is 70.6 Å². The van der Waals surface area contributed by atoms with Crippen molar-refractivity contribution in [2.45, 2.75) is 45.6 Å². The molecule has 66 valence electrons. The molecule has 3 atom stereocenters. The van der Waals surface area contributed by atoms with Gasteiger partial charge in [0.1, 0.15) is 0 Å². The topological polar surface area (TPSA) is 12.0 Å². The molecule has 0 heterocycles. The average molecular weight is 155 g/mol. The average Bonchev–Trinajstić information content (AvgIpc) is 2.35. The van der Waals surface area contributed by atoms with Gasteiger partial charge < -0.3 is 5.32 Å². The molecule has 11 heavy (non-hydrogen) atoms. The van der Waals surface area contributed by atoms with Crippen LogP contribution < -0.4 is 5.32 Å². The SMILES string of the molecule is CNC(C)CC1CCC(C)C1. The summed E-state index contributed by atoms with van der Waals surface area (Å²) >= 11 is 0. The quantitative estimate of drug-likeness (QED) is 0.660. The second-order valence-corrected chi connectivity index (χ2v) is 4.21. The van der Waals surface area contributed by atoms with Crippen LogP contribution in [0.2, 0.25) is 0 Å². The van der Waals surface area contributed by atoms with Crippen LogP contribution in [-0.4, -0.2) is 13.1 Å². The first-order valence-corrected chi connectivity index (χ1v) is 4.89. The monoisotopic (exact) mass is 155 g/mol. The third kappa shape index (κ3) is 2.82. The first-order valence-electron chi connectivity index (χ1n) is 4.89. The molecule has 0 saturated heterocycles. The minimum absolute atomic E-state index is 0.713. The summed E-state index contributed by atoms with van der Waals surface area (Å²) in [7, 11) is 2.06. The predicted octanol–water partition coefficient (Wildman–Crippen LogP) is 2.42. The zero-order chi connectivity index (χ0) is 8.27. The summed E-state index contributed by atoms with van der Waals surface area (Å²) in [6, 6.07) is 0.713. The molecule has 0 aromatic rings. The lowest BCUT2D eigenvalue weighted by molar-refractivity contribution is 0.412. The van der Waals surface area contributed by atoms with Crippen molar-refractivity contribution in [3.05, 3.63) is 0 Å². The van der Waals surface area contributed by atoms with Crippen LogP contribution in [-0.2, 0) is 0 Å². The Hall–Kier alpha value is -0.0400. The lowest BCUT2D eigenvalue weighted by Gasteiger charge is -2.15. The van der Waals surface area contributed by atoms with Gasteiger partial charge in [0, 0.05) is 6.04 Å². The van der Waals surface area contributed by atoms with Crippen molar-refractivity contribution in [1.29, 1.82) is 0 Å². The molecule has 0 aliphatic heterocycles. The summed E-state index contributed by atoms with van der Waals surface area (Å²) in [6.45, 7) is 4.66. The predicted molar refractivity (Wildman–Crippen MR) is 49.6 cm³/mol. The molecular weight excluding hydrogens is 134 g/mol. The standard InChI is InChI=1S/C10H21N/c1-8-4-5-10(6-8)7-9(2)11-3/h8-11H,4-7H2,1-3H3. The van der Waals surface area contributed by atoms with Crippen molar-refractivity contribution in [3.63, 3.8) is 0 Å². The normalized spacial score (nSPS) is 34.1. The van der Waals surface area contributed by atoms with Crippen molar-refractivity contribution in [2.24, 2.45) is 11.8 Å². The molecule has 0 spiro atoms. The third-order valence-electron chi connectivity index (χ3n) is 2.98. The van der Waals surface area contributed by atoms with E-state index in [-0.39, 0.29) is 0 Å². The second kappa shape index (κ2) is 4.10. The molecule has 0 bridgehead atoms. The Kier molecular flexibility index (Phi) is 3.38. The van der Waals surface area contributed by atoms with Crippen LogP contribution in [0.15, 0.2) is 0 Å². The minimum atomic E-state index is 0.713. The fraction of sp³-hybridized carbons (Fsp3) is 1.00. The molecule has 3 unspecified atom stereocenters. The fourth-order valence-electron chi connectivity index (χ4n) is 2.16. The molecular formula is C10H21N. The van der Waals surface area contributed by atoms with Crippen LogP contribution in [0.4, 0.5) is 0 Å². The van der Waals surface area contributed by atoms with E-state index >= 15 is 0 Å². The van der Waals surface area contributed by atoms with E-state index in [2.05, 4.69) is 26.2 Å². The maximum Gasteiger partial charge on any atom is 0.00383 e. The number of rotatable bonds is 3. The fourth-order valence-corrected chi connectivity index (χ4v) is 2.16. The highest BCUT2D eigenvalue weighted by atomic mass is 14.8. The Morgan fingerprint density at radius 1 is 1.45 bits per heavy atom. The minimum Gasteiger partial charge on any atom is -0.317 e. The zero-order valence-electron chi connectivity index (χ0n) is 8.06. The van der Waals surface area contributed by atoms with Gasteiger partial charge >= 0.3 is 0 Å². The van der Waals surface area contributed by atoms with Gasteiger partial charge in [-0.25, -0.2) is 0 Å². The number of nitrogens with one attached hydrogen (secondary N) is 1. The van der Waals surface area contributed by atoms with Gasteiger partial charge in [0.15, 0.2) is 0 Å². The largest absolute Gasteiger partial charge is 0.317 e. The van der Waals surface area contributed by atoms with Gasteiger partial charge in [0.25, 0.3) is 0 Å². The van der Waals surface area contributed by atoms with Gasteiger partial charge in [0.2, 0.25) is 0 Å². The van der Waals surface area contributed by atoms with Crippen LogP contribution >= 0.6 is 0 Å². The van der Waals surface area contributed by atoms with Crippen molar-refractivity contribution < 1.29 is 0 Å². The van der Waals surface area contributed by atoms with E-state index in [0.29, 0.717) is 6.04 Å². The van der Waals surface area contributed by atoms with E-state index < -0.39 is 0 Å². The molecule has 1 saturated carbocycles. The Balaban J connectivity index is 2.17. The van der Waals surface area contributed by atoms with Gasteiger partial charge in [-0.15, -0.1) is 0 Å². The van der Waals surface area contributed by atoms with E-state index in [9.17, 15) is 0 Å². The van der Waals surface area contributed by atoms with Crippen molar-refractivity contribution in [3.8, 4) is 0 Å². The highest BCUT2D eigenvalue weighted by Gasteiger charge is 2.22. The smallest absolute Gasteiger partial charge is 0.00383 e. The molecule has 1 N–H and O–H groups in total. The summed E-state index contributed by atoms with van der Waals surface area (Å²) in [6.07, 6.45) is 5.77. The Morgan fingerprint density at radius 3 is 2.64 bits per heavy atom. The molecule has 1 fully saturated rings. The van der Waals surface area contributed by atoms with E-state index in [1.54, 1.807) is 0 Å². The van der Waals surface area contributed by atoms with E-state index in [4.69, 9.17) is 0 Å². The highest BCUT2D eigenvalue weighted by Crippen LogP contribution is 2.33. The lowest BCUT2D eigenvalue weighted by Crippen LogP contribution is -2.23. The van der Waals surface area contributed by atoms with Crippen LogP contribution in [0.5, 0.6) is 0 Å². The van der Waals surface area contributed by atoms with Crippen molar-refractivity contribution >= 4 is 0 Å². The van der Waals surface area contributed by atoms with Gasteiger partial charge in [-0.05, 0) is 38.6 Å². The molecule has 1 aliphatic carbocycles. The van der Waals surface area contributed by atoms with Crippen LogP contribution in [0, 0.1) is 11.8 Å². The van der Waals surface area contributed by atoms with Crippen LogP contribution in [0.1, 0.15) is 39.5 Å². The van der Waals surface area contributed by atoms with E-state index in [1.807, 2.05) is 0 Å². The molecule has 1 rings (SSSR count).